The summed E-state index contributed by atoms with van der Waals surface area (Å²) in [7, 11) is 2.79. The zero-order valence-electron chi connectivity index (χ0n) is 27.0. The molecule has 256 valence electrons. The van der Waals surface area contributed by atoms with Gasteiger partial charge < -0.3 is 10.0 Å². The van der Waals surface area contributed by atoms with E-state index in [-0.39, 0.29) is 29.8 Å². The number of carbonyl (C=O) groups excluding carboxylic acids is 4. The van der Waals surface area contributed by atoms with Gasteiger partial charge in [-0.25, -0.2) is 14.2 Å². The molecule has 4 amide bonds. The lowest BCUT2D eigenvalue weighted by Gasteiger charge is -2.49. The Hall–Kier alpha value is -5.99. The Balaban J connectivity index is 1.36. The molecule has 3 aromatic carbocycles. The predicted octanol–water partition coefficient (Wildman–Crippen LogP) is 4.85. The topological polar surface area (TPSA) is 185 Å². The lowest BCUT2D eigenvalue weighted by Crippen LogP contribution is -2.48. The summed E-state index contributed by atoms with van der Waals surface area (Å²) in [6.45, 7) is 1.64. The number of nitrogens with zero attached hydrogens (tertiary/aromatic N) is 5. The quantitative estimate of drug-likeness (QED) is 0.163. The second-order valence-electron chi connectivity index (χ2n) is 13.5. The zero-order chi connectivity index (χ0) is 36.0. The molecule has 2 saturated heterocycles. The summed E-state index contributed by atoms with van der Waals surface area (Å²) in [5.74, 6) is -8.86. The minimum Gasteiger partial charge on any atom is -0.505 e. The molecule has 4 aliphatic rings. The molecule has 0 radical (unpaired) electrons. The fourth-order valence-corrected chi connectivity index (χ4v) is 8.63. The Morgan fingerprint density at radius 3 is 2.08 bits per heavy atom. The molecule has 1 N–H and O–H groups in total. The van der Waals surface area contributed by atoms with Crippen molar-refractivity contribution in [3.8, 4) is 5.75 Å². The molecule has 3 aromatic rings. The number of imide groups is 2. The predicted molar refractivity (Wildman–Crippen MR) is 176 cm³/mol. The van der Waals surface area contributed by atoms with E-state index in [0.717, 1.165) is 34.1 Å². The summed E-state index contributed by atoms with van der Waals surface area (Å²) < 4.78 is 14.9. The zero-order valence-corrected chi connectivity index (χ0v) is 27.0. The number of para-hydroxylation sites is 1. The van der Waals surface area contributed by atoms with Gasteiger partial charge in [0, 0.05) is 32.1 Å². The molecule has 50 heavy (non-hydrogen) atoms. The van der Waals surface area contributed by atoms with Gasteiger partial charge in [-0.05, 0) is 55.5 Å². The Morgan fingerprint density at radius 2 is 1.50 bits per heavy atom. The Bertz CT molecular complexity index is 2050. The molecule has 0 spiro atoms. The highest BCUT2D eigenvalue weighted by molar-refractivity contribution is 6.25. The molecule has 6 atom stereocenters. The second-order valence-corrected chi connectivity index (χ2v) is 13.5. The number of aromatic hydroxyl groups is 1. The van der Waals surface area contributed by atoms with Crippen LogP contribution in [0.5, 0.6) is 5.75 Å². The summed E-state index contributed by atoms with van der Waals surface area (Å²) in [4.78, 5) is 82.5. The summed E-state index contributed by atoms with van der Waals surface area (Å²) in [5, 5.41) is 34.1. The number of allylic oxidation sites excluding steroid dienone is 2. The van der Waals surface area contributed by atoms with E-state index in [9.17, 15) is 48.9 Å². The van der Waals surface area contributed by atoms with Crippen LogP contribution in [0.25, 0.3) is 0 Å². The van der Waals surface area contributed by atoms with Crippen LogP contribution in [-0.4, -0.2) is 52.7 Å². The van der Waals surface area contributed by atoms with Crippen molar-refractivity contribution >= 4 is 52.1 Å². The van der Waals surface area contributed by atoms with Crippen molar-refractivity contribution in [3.63, 3.8) is 0 Å². The van der Waals surface area contributed by atoms with Gasteiger partial charge in [-0.3, -0.25) is 39.4 Å². The van der Waals surface area contributed by atoms with Gasteiger partial charge in [0.05, 0.1) is 44.4 Å². The minimum absolute atomic E-state index is 0.0127. The number of benzene rings is 3. The van der Waals surface area contributed by atoms with Crippen molar-refractivity contribution in [2.45, 2.75) is 25.7 Å². The first-order valence-electron chi connectivity index (χ1n) is 15.8. The summed E-state index contributed by atoms with van der Waals surface area (Å²) >= 11 is 0. The van der Waals surface area contributed by atoms with Crippen molar-refractivity contribution in [3.05, 3.63) is 104 Å². The van der Waals surface area contributed by atoms with Crippen LogP contribution < -0.4 is 14.7 Å². The molecule has 0 bridgehead atoms. The third-order valence-electron chi connectivity index (χ3n) is 10.7. The maximum absolute atomic E-state index is 14.9. The Kier molecular flexibility index (Phi) is 7.35. The second kappa shape index (κ2) is 11.3. The van der Waals surface area contributed by atoms with E-state index in [4.69, 9.17) is 0 Å². The van der Waals surface area contributed by atoms with Gasteiger partial charge in [-0.2, -0.15) is 0 Å². The average Bonchev–Trinajstić information content (AvgIpc) is 3.45. The minimum atomic E-state index is -1.44. The third-order valence-corrected chi connectivity index (χ3v) is 10.7. The van der Waals surface area contributed by atoms with Gasteiger partial charge in [0.15, 0.2) is 17.3 Å². The van der Waals surface area contributed by atoms with E-state index < -0.39 is 91.4 Å². The first-order chi connectivity index (χ1) is 23.7. The number of halogens is 1. The molecule has 0 aromatic heterocycles. The summed E-state index contributed by atoms with van der Waals surface area (Å²) in [5.41, 5.74) is -2.26. The van der Waals surface area contributed by atoms with Gasteiger partial charge in [-0.15, -0.1) is 0 Å². The van der Waals surface area contributed by atoms with Crippen LogP contribution in [0, 0.1) is 55.1 Å². The third kappa shape index (κ3) is 4.45. The number of carbonyl (C=O) groups is 4. The van der Waals surface area contributed by atoms with Crippen LogP contribution in [0.3, 0.4) is 0 Å². The smallest absolute Gasteiger partial charge is 0.301 e. The molecule has 14 nitrogen and oxygen atoms in total. The van der Waals surface area contributed by atoms with Crippen molar-refractivity contribution in [1.29, 1.82) is 0 Å². The number of anilines is 3. The van der Waals surface area contributed by atoms with Crippen LogP contribution in [0.2, 0.25) is 0 Å². The van der Waals surface area contributed by atoms with E-state index >= 15 is 0 Å². The Morgan fingerprint density at radius 1 is 0.860 bits per heavy atom. The maximum atomic E-state index is 14.9. The fraction of sp³-hybridized carbons (Fsp3) is 0.314. The molecular weight excluding hydrogens is 653 g/mol. The SMILES string of the molecule is CN(C)c1c([N+](=O)[O-])cc(N2C(=O)[C@H]3[C@H](CC=C4[C@H]3C[C@H]3C(=O)N(c5ccccc5)C(=O)[C@@]3(C)[C@H]4c3ccc(O)c(F)c3)C2=O)cc1[N+](=O)[O-]. The number of hydrogen-bond donors (Lipinski definition) is 1. The molecule has 1 saturated carbocycles. The summed E-state index contributed by atoms with van der Waals surface area (Å²) in [6.07, 6.45) is 1.74. The first-order valence-corrected chi connectivity index (χ1v) is 15.8. The number of hydrogen-bond acceptors (Lipinski definition) is 10. The number of phenols is 1. The van der Waals surface area contributed by atoms with E-state index in [0.29, 0.717) is 11.3 Å². The van der Waals surface area contributed by atoms with Crippen LogP contribution in [0.15, 0.2) is 72.3 Å². The normalized spacial score (nSPS) is 27.1. The molecule has 15 heteroatoms. The number of phenolic OH excluding ortho intramolecular Hbond substituents is 1. The average molecular weight is 684 g/mol. The maximum Gasteiger partial charge on any atom is 0.301 e. The molecule has 0 unspecified atom stereocenters. The number of amides is 4. The highest BCUT2D eigenvalue weighted by atomic mass is 19.1. The lowest BCUT2D eigenvalue weighted by molar-refractivity contribution is -0.392. The summed E-state index contributed by atoms with van der Waals surface area (Å²) in [6, 6.07) is 13.9. The van der Waals surface area contributed by atoms with E-state index in [2.05, 4.69) is 0 Å². The highest BCUT2D eigenvalue weighted by Gasteiger charge is 2.67. The standard InChI is InChI=1S/C35H30FN5O9/c1-35-23(32(44)39(34(35)46)18-7-5-4-6-8-18)16-22-20(29(35)17-9-12-27(42)24(36)13-17)10-11-21-28(22)33(45)38(31(21)43)19-14-25(40(47)48)30(37(2)3)26(15-19)41(49)50/h4-10,12-15,21-23,28-29,42H,11,16H2,1-3H3/t21-,22+,23-,28-,29-,35+/m0/s1. The van der Waals surface area contributed by atoms with Crippen LogP contribution >= 0.6 is 0 Å². The van der Waals surface area contributed by atoms with Gasteiger partial charge in [0.1, 0.15) is 0 Å². The van der Waals surface area contributed by atoms with Crippen LogP contribution in [0.1, 0.15) is 31.2 Å². The van der Waals surface area contributed by atoms with Crippen molar-refractivity contribution in [2.24, 2.45) is 29.1 Å². The number of fused-ring (bicyclic) bond motifs is 4. The Labute approximate surface area is 283 Å². The first kappa shape index (κ1) is 32.6. The number of rotatable bonds is 6. The van der Waals surface area contributed by atoms with E-state index in [1.165, 1.54) is 25.1 Å². The van der Waals surface area contributed by atoms with Crippen molar-refractivity contribution in [1.82, 2.24) is 0 Å². The van der Waals surface area contributed by atoms with Gasteiger partial charge in [0.2, 0.25) is 23.6 Å². The van der Waals surface area contributed by atoms with Gasteiger partial charge >= 0.3 is 11.4 Å². The largest absolute Gasteiger partial charge is 0.505 e. The number of nitro benzene ring substituents is 2. The molecule has 7 rings (SSSR count). The lowest BCUT2D eigenvalue weighted by atomic mass is 9.51. The van der Waals surface area contributed by atoms with Crippen LogP contribution in [0.4, 0.5) is 32.8 Å². The molecule has 3 fully saturated rings. The molecule has 2 aliphatic heterocycles. The van der Waals surface area contributed by atoms with Gasteiger partial charge in [-0.1, -0.05) is 35.9 Å². The monoisotopic (exact) mass is 683 g/mol. The molecular formula is C35H30FN5O9. The van der Waals surface area contributed by atoms with Crippen LogP contribution in [-0.2, 0) is 19.2 Å². The van der Waals surface area contributed by atoms with E-state index in [1.807, 2.05) is 0 Å². The van der Waals surface area contributed by atoms with E-state index in [1.54, 1.807) is 43.3 Å². The number of nitro groups is 2. The van der Waals surface area contributed by atoms with Gasteiger partial charge in [0.25, 0.3) is 0 Å². The van der Waals surface area contributed by atoms with Crippen molar-refractivity contribution < 1.29 is 38.5 Å². The highest BCUT2D eigenvalue weighted by Crippen LogP contribution is 2.64. The fourth-order valence-electron chi connectivity index (χ4n) is 8.63. The van der Waals surface area contributed by atoms with Crippen molar-refractivity contribution in [2.75, 3.05) is 28.8 Å². The molecule has 2 heterocycles. The molecule has 2 aliphatic carbocycles.